The Hall–Kier alpha value is -2.10. The molecule has 0 saturated carbocycles. The second-order valence-corrected chi connectivity index (χ2v) is 6.06. The summed E-state index contributed by atoms with van der Waals surface area (Å²) in [5.41, 5.74) is 4.13. The fraction of sp³-hybridized carbons (Fsp3) is 0.444. The van der Waals surface area contributed by atoms with E-state index in [0.717, 1.165) is 23.3 Å². The average molecular weight is 301 g/mol. The predicted molar refractivity (Wildman–Crippen MR) is 86.7 cm³/mol. The normalized spacial score (nSPS) is 21.6. The number of carboxylic acids is 1. The van der Waals surface area contributed by atoms with E-state index < -0.39 is 17.8 Å². The van der Waals surface area contributed by atoms with Crippen molar-refractivity contribution in [3.8, 4) is 0 Å². The van der Waals surface area contributed by atoms with Gasteiger partial charge in [-0.05, 0) is 50.8 Å². The number of rotatable bonds is 4. The maximum atomic E-state index is 12.5. The quantitative estimate of drug-likeness (QED) is 0.834. The first-order valence-electron chi connectivity index (χ1n) is 7.70. The number of allylic oxidation sites excluding steroid dienone is 2. The molecule has 0 radical (unpaired) electrons. The predicted octanol–water partition coefficient (Wildman–Crippen LogP) is 3.63. The Morgan fingerprint density at radius 3 is 2.14 bits per heavy atom. The first-order chi connectivity index (χ1) is 10.4. The number of amides is 1. The van der Waals surface area contributed by atoms with E-state index in [0.29, 0.717) is 12.8 Å². The molecular weight excluding hydrogens is 278 g/mol. The number of carbonyl (C=O) groups excluding carboxylic acids is 1. The summed E-state index contributed by atoms with van der Waals surface area (Å²) in [7, 11) is 0. The maximum Gasteiger partial charge on any atom is 0.307 e. The van der Waals surface area contributed by atoms with Crippen molar-refractivity contribution in [1.82, 2.24) is 0 Å². The summed E-state index contributed by atoms with van der Waals surface area (Å²) >= 11 is 0. The van der Waals surface area contributed by atoms with Crippen molar-refractivity contribution in [2.75, 3.05) is 5.32 Å². The van der Waals surface area contributed by atoms with Gasteiger partial charge in [-0.15, -0.1) is 0 Å². The molecule has 2 atom stereocenters. The van der Waals surface area contributed by atoms with Crippen molar-refractivity contribution in [3.05, 3.63) is 41.0 Å². The zero-order chi connectivity index (χ0) is 16.3. The highest BCUT2D eigenvalue weighted by Crippen LogP contribution is 2.35. The monoisotopic (exact) mass is 301 g/mol. The minimum atomic E-state index is -0.895. The molecule has 0 spiro atoms. The van der Waals surface area contributed by atoms with Gasteiger partial charge in [0.15, 0.2) is 0 Å². The molecule has 4 nitrogen and oxygen atoms in total. The third kappa shape index (κ3) is 3.56. The number of carboxylic acid groups (broad SMARTS) is 1. The third-order valence-corrected chi connectivity index (χ3v) is 4.55. The molecule has 0 unspecified atom stereocenters. The van der Waals surface area contributed by atoms with Gasteiger partial charge in [-0.2, -0.15) is 0 Å². The molecule has 118 valence electrons. The van der Waals surface area contributed by atoms with Crippen LogP contribution >= 0.6 is 0 Å². The van der Waals surface area contributed by atoms with Crippen LogP contribution in [0.2, 0.25) is 0 Å². The van der Waals surface area contributed by atoms with E-state index in [1.54, 1.807) is 0 Å². The molecule has 0 fully saturated rings. The van der Waals surface area contributed by atoms with Crippen LogP contribution in [0.3, 0.4) is 0 Å². The number of nitrogens with one attached hydrogen (secondary N) is 1. The number of anilines is 1. The first-order valence-corrected chi connectivity index (χ1v) is 7.70. The SMILES string of the molecule is CCc1ccc(NC(=O)[C@H]2CC(C)=C(C)C[C@H]2C(=O)O)cc1. The lowest BCUT2D eigenvalue weighted by atomic mass is 9.76. The number of benzene rings is 1. The zero-order valence-corrected chi connectivity index (χ0v) is 13.3. The lowest BCUT2D eigenvalue weighted by Crippen LogP contribution is -2.36. The molecule has 1 aliphatic rings. The van der Waals surface area contributed by atoms with E-state index in [1.807, 2.05) is 38.1 Å². The number of aliphatic carboxylic acids is 1. The molecule has 0 bridgehead atoms. The van der Waals surface area contributed by atoms with Crippen LogP contribution in [0.15, 0.2) is 35.4 Å². The van der Waals surface area contributed by atoms with Gasteiger partial charge in [0.25, 0.3) is 0 Å². The van der Waals surface area contributed by atoms with Crippen molar-refractivity contribution >= 4 is 17.6 Å². The van der Waals surface area contributed by atoms with Gasteiger partial charge in [0, 0.05) is 5.69 Å². The fourth-order valence-corrected chi connectivity index (χ4v) is 2.89. The Balaban J connectivity index is 2.14. The number of hydrogen-bond acceptors (Lipinski definition) is 2. The second kappa shape index (κ2) is 6.77. The van der Waals surface area contributed by atoms with Gasteiger partial charge >= 0.3 is 5.97 Å². The van der Waals surface area contributed by atoms with E-state index in [1.165, 1.54) is 5.56 Å². The van der Waals surface area contributed by atoms with E-state index >= 15 is 0 Å². The number of hydrogen-bond donors (Lipinski definition) is 2. The van der Waals surface area contributed by atoms with E-state index in [2.05, 4.69) is 12.2 Å². The van der Waals surface area contributed by atoms with Gasteiger partial charge in [-0.3, -0.25) is 9.59 Å². The molecule has 4 heteroatoms. The zero-order valence-electron chi connectivity index (χ0n) is 13.3. The number of aryl methyl sites for hydroxylation is 1. The van der Waals surface area contributed by atoms with Gasteiger partial charge in [0.1, 0.15) is 0 Å². The molecule has 1 amide bonds. The topological polar surface area (TPSA) is 66.4 Å². The van der Waals surface area contributed by atoms with Crippen molar-refractivity contribution in [2.45, 2.75) is 40.0 Å². The van der Waals surface area contributed by atoms with Crippen LogP contribution in [-0.2, 0) is 16.0 Å². The lowest BCUT2D eigenvalue weighted by Gasteiger charge is -2.29. The molecule has 0 heterocycles. The molecule has 0 saturated heterocycles. The summed E-state index contributed by atoms with van der Waals surface area (Å²) in [5, 5.41) is 12.3. The highest BCUT2D eigenvalue weighted by molar-refractivity contribution is 5.95. The molecule has 1 aromatic carbocycles. The van der Waals surface area contributed by atoms with Crippen molar-refractivity contribution < 1.29 is 14.7 Å². The fourth-order valence-electron chi connectivity index (χ4n) is 2.89. The van der Waals surface area contributed by atoms with Crippen LogP contribution in [0.1, 0.15) is 39.2 Å². The van der Waals surface area contributed by atoms with E-state index in [4.69, 9.17) is 0 Å². The molecule has 1 aliphatic carbocycles. The summed E-state index contributed by atoms with van der Waals surface area (Å²) in [4.78, 5) is 23.9. The van der Waals surface area contributed by atoms with E-state index in [-0.39, 0.29) is 5.91 Å². The maximum absolute atomic E-state index is 12.5. The van der Waals surface area contributed by atoms with Gasteiger partial charge in [0.05, 0.1) is 11.8 Å². The Kier molecular flexibility index (Phi) is 5.01. The largest absolute Gasteiger partial charge is 0.481 e. The molecule has 22 heavy (non-hydrogen) atoms. The Bertz CT molecular complexity index is 601. The van der Waals surface area contributed by atoms with Crippen LogP contribution in [0.5, 0.6) is 0 Å². The molecule has 2 N–H and O–H groups in total. The first kappa shape index (κ1) is 16.3. The van der Waals surface area contributed by atoms with Gasteiger partial charge in [-0.1, -0.05) is 30.2 Å². The smallest absolute Gasteiger partial charge is 0.307 e. The average Bonchev–Trinajstić information content (AvgIpc) is 2.50. The van der Waals surface area contributed by atoms with E-state index in [9.17, 15) is 14.7 Å². The van der Waals surface area contributed by atoms with Gasteiger partial charge in [-0.25, -0.2) is 0 Å². The Morgan fingerprint density at radius 2 is 1.64 bits per heavy atom. The summed E-state index contributed by atoms with van der Waals surface area (Å²) in [6.07, 6.45) is 1.91. The van der Waals surface area contributed by atoms with Gasteiger partial charge < -0.3 is 10.4 Å². The van der Waals surface area contributed by atoms with Crippen molar-refractivity contribution in [2.24, 2.45) is 11.8 Å². The van der Waals surface area contributed by atoms with Crippen LogP contribution in [0.25, 0.3) is 0 Å². The Morgan fingerprint density at radius 1 is 1.09 bits per heavy atom. The summed E-state index contributed by atoms with van der Waals surface area (Å²) in [5.74, 6) is -2.25. The highest BCUT2D eigenvalue weighted by Gasteiger charge is 2.37. The summed E-state index contributed by atoms with van der Waals surface area (Å²) in [6, 6.07) is 7.67. The summed E-state index contributed by atoms with van der Waals surface area (Å²) < 4.78 is 0. The minimum absolute atomic E-state index is 0.205. The summed E-state index contributed by atoms with van der Waals surface area (Å²) in [6.45, 7) is 6.00. The van der Waals surface area contributed by atoms with Crippen LogP contribution in [0.4, 0.5) is 5.69 Å². The van der Waals surface area contributed by atoms with Gasteiger partial charge in [0.2, 0.25) is 5.91 Å². The molecular formula is C18H23NO3. The highest BCUT2D eigenvalue weighted by atomic mass is 16.4. The van der Waals surface area contributed by atoms with Crippen LogP contribution < -0.4 is 5.32 Å². The molecule has 0 aliphatic heterocycles. The minimum Gasteiger partial charge on any atom is -0.481 e. The molecule has 2 rings (SSSR count). The molecule has 1 aromatic rings. The van der Waals surface area contributed by atoms with Crippen molar-refractivity contribution in [3.63, 3.8) is 0 Å². The number of carbonyl (C=O) groups is 2. The standard InChI is InChI=1S/C18H23NO3/c1-4-13-5-7-14(8-6-13)19-17(20)15-9-11(2)12(3)10-16(15)18(21)22/h5-8,15-16H,4,9-10H2,1-3H3,(H,19,20)(H,21,22)/t15-,16+/m0/s1. The third-order valence-electron chi connectivity index (χ3n) is 4.55. The Labute approximate surface area is 131 Å². The molecule has 0 aromatic heterocycles. The van der Waals surface area contributed by atoms with Crippen LogP contribution in [-0.4, -0.2) is 17.0 Å². The second-order valence-electron chi connectivity index (χ2n) is 6.06. The van der Waals surface area contributed by atoms with Crippen LogP contribution in [0, 0.1) is 11.8 Å². The van der Waals surface area contributed by atoms with Crippen molar-refractivity contribution in [1.29, 1.82) is 0 Å². The lowest BCUT2D eigenvalue weighted by molar-refractivity contribution is -0.146.